The van der Waals surface area contributed by atoms with Gasteiger partial charge in [-0.05, 0) is 25.3 Å². The molecule has 3 rings (SSSR count). The van der Waals surface area contributed by atoms with Gasteiger partial charge in [-0.25, -0.2) is 4.98 Å². The van der Waals surface area contributed by atoms with Gasteiger partial charge in [0.25, 0.3) is 0 Å². The summed E-state index contributed by atoms with van der Waals surface area (Å²) in [6.45, 7) is 3.25. The Balaban J connectivity index is 0.000000162. The summed E-state index contributed by atoms with van der Waals surface area (Å²) in [7, 11) is 0. The molecule has 3 heterocycles. The average Bonchev–Trinajstić information content (AvgIpc) is 3.07. The van der Waals surface area contributed by atoms with Gasteiger partial charge in [-0.1, -0.05) is 0 Å². The second kappa shape index (κ2) is 6.50. The highest BCUT2D eigenvalue weighted by Crippen LogP contribution is 2.21. The lowest BCUT2D eigenvalue weighted by molar-refractivity contribution is 0.168. The van der Waals surface area contributed by atoms with E-state index in [4.69, 9.17) is 0 Å². The lowest BCUT2D eigenvalue weighted by Gasteiger charge is -2.25. The fourth-order valence-electron chi connectivity index (χ4n) is 1.70. The molecule has 0 saturated carbocycles. The van der Waals surface area contributed by atoms with Crippen molar-refractivity contribution in [3.8, 4) is 0 Å². The van der Waals surface area contributed by atoms with E-state index < -0.39 is 0 Å². The summed E-state index contributed by atoms with van der Waals surface area (Å²) in [4.78, 5) is 11.2. The molecule has 0 unspecified atom stereocenters. The normalized spacial score (nSPS) is 18.9. The van der Waals surface area contributed by atoms with E-state index in [-0.39, 0.29) is 0 Å². The van der Waals surface area contributed by atoms with Crippen LogP contribution in [0.25, 0.3) is 0 Å². The Bertz CT molecular complexity index is 301. The summed E-state index contributed by atoms with van der Waals surface area (Å²) in [5.41, 5.74) is 2.61. The van der Waals surface area contributed by atoms with Crippen LogP contribution in [-0.2, 0) is 4.84 Å². The van der Waals surface area contributed by atoms with Crippen LogP contribution in [0, 0.1) is 0 Å². The number of aromatic nitrogens is 1. The van der Waals surface area contributed by atoms with Crippen LogP contribution in [0.5, 0.6) is 0 Å². The minimum Gasteiger partial charge on any atom is -0.417 e. The van der Waals surface area contributed by atoms with Crippen molar-refractivity contribution < 1.29 is 4.84 Å². The summed E-state index contributed by atoms with van der Waals surface area (Å²) >= 11 is 1.74. The van der Waals surface area contributed by atoms with Crippen LogP contribution >= 0.6 is 11.3 Å². The van der Waals surface area contributed by atoms with Gasteiger partial charge in [-0.2, -0.15) is 5.48 Å². The topological polar surface area (TPSA) is 37.4 Å². The predicted octanol–water partition coefficient (Wildman–Crippen LogP) is 2.17. The van der Waals surface area contributed by atoms with Gasteiger partial charge in [0.1, 0.15) is 6.26 Å². The van der Waals surface area contributed by atoms with Crippen molar-refractivity contribution in [3.05, 3.63) is 23.9 Å². The SMILES string of the molecule is C1=CONC1.c1csc(N2CCCCC2)n1. The second-order valence-electron chi connectivity index (χ2n) is 3.70. The summed E-state index contributed by atoms with van der Waals surface area (Å²) in [6, 6.07) is 0. The molecule has 2 aliphatic rings. The van der Waals surface area contributed by atoms with E-state index in [1.54, 1.807) is 17.6 Å². The molecular formula is C11H17N3OS. The van der Waals surface area contributed by atoms with E-state index in [0.29, 0.717) is 0 Å². The summed E-state index contributed by atoms with van der Waals surface area (Å²) < 4.78 is 0. The van der Waals surface area contributed by atoms with E-state index in [0.717, 1.165) is 6.54 Å². The van der Waals surface area contributed by atoms with Crippen molar-refractivity contribution >= 4 is 16.5 Å². The maximum Gasteiger partial charge on any atom is 0.185 e. The lowest BCUT2D eigenvalue weighted by atomic mass is 10.1. The number of hydrogen-bond acceptors (Lipinski definition) is 5. The van der Waals surface area contributed by atoms with E-state index in [2.05, 4.69) is 20.2 Å². The molecule has 2 aliphatic heterocycles. The number of rotatable bonds is 1. The largest absolute Gasteiger partial charge is 0.417 e. The monoisotopic (exact) mass is 239 g/mol. The van der Waals surface area contributed by atoms with Crippen molar-refractivity contribution in [2.75, 3.05) is 24.5 Å². The van der Waals surface area contributed by atoms with Crippen LogP contribution in [0.2, 0.25) is 0 Å². The van der Waals surface area contributed by atoms with Crippen LogP contribution in [0.1, 0.15) is 19.3 Å². The average molecular weight is 239 g/mol. The zero-order valence-corrected chi connectivity index (χ0v) is 10.1. The van der Waals surface area contributed by atoms with Gasteiger partial charge in [0.05, 0.1) is 6.54 Å². The standard InChI is InChI=1S/C8H12N2S.C3H5NO/c1-2-5-10(6-3-1)8-9-4-7-11-8;1-2-4-5-3-1/h4,7H,1-3,5-6H2;1,3-4H,2H2. The Kier molecular flexibility index (Phi) is 4.64. The number of piperidine rings is 1. The first-order valence-corrected chi connectivity index (χ1v) is 6.53. The molecular weight excluding hydrogens is 222 g/mol. The maximum absolute atomic E-state index is 4.51. The number of thiazole rings is 1. The van der Waals surface area contributed by atoms with Gasteiger partial charge in [-0.3, -0.25) is 0 Å². The third kappa shape index (κ3) is 3.50. The van der Waals surface area contributed by atoms with E-state index >= 15 is 0 Å². The molecule has 0 amide bonds. The Hall–Kier alpha value is -1.07. The van der Waals surface area contributed by atoms with Gasteiger partial charge in [0, 0.05) is 24.7 Å². The Labute approximate surface area is 99.9 Å². The van der Waals surface area contributed by atoms with Gasteiger partial charge < -0.3 is 9.74 Å². The number of hydroxylamine groups is 1. The fourth-order valence-corrected chi connectivity index (χ4v) is 2.39. The highest BCUT2D eigenvalue weighted by molar-refractivity contribution is 7.13. The van der Waals surface area contributed by atoms with Crippen molar-refractivity contribution in [3.63, 3.8) is 0 Å². The zero-order valence-electron chi connectivity index (χ0n) is 9.26. The number of nitrogens with zero attached hydrogens (tertiary/aromatic N) is 2. The molecule has 4 nitrogen and oxygen atoms in total. The van der Waals surface area contributed by atoms with Crippen molar-refractivity contribution in [1.82, 2.24) is 10.5 Å². The van der Waals surface area contributed by atoms with Gasteiger partial charge >= 0.3 is 0 Å². The Morgan fingerprint density at radius 3 is 2.69 bits per heavy atom. The van der Waals surface area contributed by atoms with Crippen molar-refractivity contribution in [2.24, 2.45) is 0 Å². The number of anilines is 1. The summed E-state index contributed by atoms with van der Waals surface area (Å²) in [6.07, 6.45) is 9.47. The molecule has 16 heavy (non-hydrogen) atoms. The molecule has 0 spiro atoms. The Morgan fingerprint density at radius 1 is 1.31 bits per heavy atom. The van der Waals surface area contributed by atoms with Crippen LogP contribution in [-0.4, -0.2) is 24.6 Å². The van der Waals surface area contributed by atoms with Crippen LogP contribution in [0.3, 0.4) is 0 Å². The Morgan fingerprint density at radius 2 is 2.19 bits per heavy atom. The molecule has 5 heteroatoms. The predicted molar refractivity (Wildman–Crippen MR) is 66.4 cm³/mol. The van der Waals surface area contributed by atoms with E-state index in [1.807, 2.05) is 17.7 Å². The molecule has 0 atom stereocenters. The molecule has 1 aromatic rings. The van der Waals surface area contributed by atoms with Gasteiger partial charge in [0.2, 0.25) is 0 Å². The number of hydrogen-bond donors (Lipinski definition) is 1. The third-order valence-electron chi connectivity index (χ3n) is 2.49. The highest BCUT2D eigenvalue weighted by Gasteiger charge is 2.11. The van der Waals surface area contributed by atoms with Crippen LogP contribution in [0.4, 0.5) is 5.13 Å². The molecule has 0 radical (unpaired) electrons. The molecule has 0 bridgehead atoms. The third-order valence-corrected chi connectivity index (χ3v) is 3.33. The minimum absolute atomic E-state index is 0.847. The molecule has 0 aliphatic carbocycles. The summed E-state index contributed by atoms with van der Waals surface area (Å²) in [5.74, 6) is 0. The molecule has 0 aromatic carbocycles. The molecule has 1 N–H and O–H groups in total. The fraction of sp³-hybridized carbons (Fsp3) is 0.545. The highest BCUT2D eigenvalue weighted by atomic mass is 32.1. The molecule has 1 fully saturated rings. The van der Waals surface area contributed by atoms with Crippen LogP contribution in [0.15, 0.2) is 23.9 Å². The van der Waals surface area contributed by atoms with Crippen molar-refractivity contribution in [1.29, 1.82) is 0 Å². The quantitative estimate of drug-likeness (QED) is 0.815. The number of nitrogens with one attached hydrogen (secondary N) is 1. The molecule has 1 aromatic heterocycles. The minimum atomic E-state index is 0.847. The van der Waals surface area contributed by atoms with Gasteiger partial charge in [0.15, 0.2) is 5.13 Å². The first-order chi connectivity index (χ1) is 7.97. The first kappa shape index (κ1) is 11.4. The molecule has 1 saturated heterocycles. The lowest BCUT2D eigenvalue weighted by Crippen LogP contribution is -2.29. The van der Waals surface area contributed by atoms with Crippen LogP contribution < -0.4 is 10.4 Å². The smallest absolute Gasteiger partial charge is 0.185 e. The van der Waals surface area contributed by atoms with Gasteiger partial charge in [-0.15, -0.1) is 11.3 Å². The molecule has 88 valence electrons. The second-order valence-corrected chi connectivity index (χ2v) is 4.57. The maximum atomic E-state index is 4.51. The van der Waals surface area contributed by atoms with Crippen molar-refractivity contribution in [2.45, 2.75) is 19.3 Å². The summed E-state index contributed by atoms with van der Waals surface area (Å²) in [5, 5.41) is 3.24. The first-order valence-electron chi connectivity index (χ1n) is 5.65. The van der Waals surface area contributed by atoms with E-state index in [1.165, 1.54) is 37.5 Å². The zero-order chi connectivity index (χ0) is 11.1. The van der Waals surface area contributed by atoms with E-state index in [9.17, 15) is 0 Å².